The fraction of sp³-hybridized carbons (Fsp3) is 0.364. The minimum absolute atomic E-state index is 0.151. The lowest BCUT2D eigenvalue weighted by Crippen LogP contribution is -2.52. The molecule has 0 aliphatic heterocycles. The van der Waals surface area contributed by atoms with Crippen molar-refractivity contribution in [2.75, 3.05) is 5.32 Å². The number of nitrogens with one attached hydrogen (secondary N) is 1. The summed E-state index contributed by atoms with van der Waals surface area (Å²) in [6, 6.07) is 2.92. The van der Waals surface area contributed by atoms with Crippen molar-refractivity contribution in [1.82, 2.24) is 4.98 Å². The molecule has 1 saturated carbocycles. The Bertz CT molecular complexity index is 589. The first-order valence-corrected chi connectivity index (χ1v) is 5.55. The van der Waals surface area contributed by atoms with Gasteiger partial charge in [-0.15, -0.1) is 0 Å². The number of anilines is 1. The van der Waals surface area contributed by atoms with Crippen molar-refractivity contribution in [2.24, 2.45) is 0 Å². The fourth-order valence-corrected chi connectivity index (χ4v) is 1.97. The Morgan fingerprint density at radius 2 is 2.32 bits per heavy atom. The van der Waals surface area contributed by atoms with Crippen LogP contribution in [0, 0.1) is 21.4 Å². The maximum atomic E-state index is 11.2. The normalized spacial score (nSPS) is 15.9. The van der Waals surface area contributed by atoms with Gasteiger partial charge in [-0.3, -0.25) is 10.1 Å². The molecule has 1 heterocycles. The van der Waals surface area contributed by atoms with Gasteiger partial charge in [-0.05, 0) is 25.3 Å². The van der Waals surface area contributed by atoms with Crippen molar-refractivity contribution in [3.63, 3.8) is 0 Å². The van der Waals surface area contributed by atoms with Crippen LogP contribution in [-0.4, -0.2) is 26.5 Å². The number of carboxylic acid groups (broad SMARTS) is 1. The summed E-state index contributed by atoms with van der Waals surface area (Å²) in [6.07, 6.45) is 2.71. The van der Waals surface area contributed by atoms with Gasteiger partial charge in [-0.25, -0.2) is 9.78 Å². The molecule has 1 fully saturated rings. The van der Waals surface area contributed by atoms with E-state index in [0.29, 0.717) is 12.8 Å². The summed E-state index contributed by atoms with van der Waals surface area (Å²) in [5.74, 6) is -1.25. The Hall–Kier alpha value is -2.69. The van der Waals surface area contributed by atoms with Crippen molar-refractivity contribution >= 4 is 17.5 Å². The predicted octanol–water partition coefficient (Wildman–Crippen LogP) is 1.28. The van der Waals surface area contributed by atoms with Gasteiger partial charge in [0.25, 0.3) is 0 Å². The van der Waals surface area contributed by atoms with Gasteiger partial charge in [0.15, 0.2) is 0 Å². The number of nitro groups is 1. The van der Waals surface area contributed by atoms with E-state index in [1.54, 1.807) is 6.07 Å². The Balaban J connectivity index is 2.43. The molecule has 0 amide bonds. The summed E-state index contributed by atoms with van der Waals surface area (Å²) < 4.78 is 0. The number of rotatable bonds is 4. The molecule has 1 aliphatic rings. The van der Waals surface area contributed by atoms with Gasteiger partial charge < -0.3 is 10.4 Å². The first kappa shape index (κ1) is 12.8. The molecule has 19 heavy (non-hydrogen) atoms. The highest BCUT2D eigenvalue weighted by atomic mass is 16.6. The Morgan fingerprint density at radius 3 is 2.74 bits per heavy atom. The number of hydrogen-bond donors (Lipinski definition) is 2. The molecule has 2 N–H and O–H groups in total. The van der Waals surface area contributed by atoms with E-state index in [9.17, 15) is 20.0 Å². The smallest absolute Gasteiger partial charge is 0.329 e. The maximum absolute atomic E-state index is 11.2. The highest BCUT2D eigenvalue weighted by Crippen LogP contribution is 2.38. The molecular formula is C11H10N4O4. The minimum atomic E-state index is -1.22. The number of hydrogen-bond acceptors (Lipinski definition) is 6. The third kappa shape index (κ3) is 2.06. The van der Waals surface area contributed by atoms with Crippen LogP contribution in [0.25, 0.3) is 0 Å². The standard InChI is InChI=1S/C11H10N4O4/c12-6-7-2-5-13-9(8(7)15(18)19)14-11(10(16)17)3-1-4-11/h2,5H,1,3-4H2,(H,13,14)(H,16,17). The second-order valence-corrected chi connectivity index (χ2v) is 4.29. The Morgan fingerprint density at radius 1 is 1.63 bits per heavy atom. The summed E-state index contributed by atoms with van der Waals surface area (Å²) in [5, 5.41) is 31.6. The van der Waals surface area contributed by atoms with E-state index in [0.717, 1.165) is 6.42 Å². The number of aliphatic carboxylic acids is 1. The topological polar surface area (TPSA) is 129 Å². The largest absolute Gasteiger partial charge is 0.480 e. The van der Waals surface area contributed by atoms with E-state index in [2.05, 4.69) is 10.3 Å². The SMILES string of the molecule is N#Cc1ccnc(NC2(C(=O)O)CCC2)c1[N+](=O)[O-]. The number of nitriles is 1. The van der Waals surface area contributed by atoms with E-state index in [-0.39, 0.29) is 11.4 Å². The Kier molecular flexibility index (Phi) is 3.04. The maximum Gasteiger partial charge on any atom is 0.329 e. The van der Waals surface area contributed by atoms with Gasteiger partial charge in [0.1, 0.15) is 17.2 Å². The highest BCUT2D eigenvalue weighted by Gasteiger charge is 2.46. The summed E-state index contributed by atoms with van der Waals surface area (Å²) in [4.78, 5) is 25.3. The van der Waals surface area contributed by atoms with Crippen LogP contribution in [0.2, 0.25) is 0 Å². The van der Waals surface area contributed by atoms with Crippen LogP contribution in [-0.2, 0) is 4.79 Å². The van der Waals surface area contributed by atoms with Crippen LogP contribution in [0.5, 0.6) is 0 Å². The van der Waals surface area contributed by atoms with E-state index >= 15 is 0 Å². The number of carboxylic acids is 1. The Labute approximate surface area is 107 Å². The number of nitrogens with zero attached hydrogens (tertiary/aromatic N) is 3. The van der Waals surface area contributed by atoms with Crippen molar-refractivity contribution in [2.45, 2.75) is 24.8 Å². The third-order valence-corrected chi connectivity index (χ3v) is 3.20. The van der Waals surface area contributed by atoms with E-state index in [4.69, 9.17) is 5.26 Å². The van der Waals surface area contributed by atoms with Crippen molar-refractivity contribution in [3.8, 4) is 6.07 Å². The molecule has 8 nitrogen and oxygen atoms in total. The van der Waals surface area contributed by atoms with Gasteiger partial charge in [0.2, 0.25) is 5.82 Å². The van der Waals surface area contributed by atoms with E-state index < -0.39 is 22.1 Å². The summed E-state index contributed by atoms with van der Waals surface area (Å²) in [7, 11) is 0. The van der Waals surface area contributed by atoms with Gasteiger partial charge >= 0.3 is 11.7 Å². The molecule has 0 radical (unpaired) electrons. The zero-order chi connectivity index (χ0) is 14.0. The van der Waals surface area contributed by atoms with E-state index in [1.165, 1.54) is 12.3 Å². The summed E-state index contributed by atoms with van der Waals surface area (Å²) in [6.45, 7) is 0. The first-order chi connectivity index (χ1) is 9.00. The van der Waals surface area contributed by atoms with Crippen LogP contribution >= 0.6 is 0 Å². The molecule has 0 atom stereocenters. The molecule has 1 aromatic rings. The average Bonchev–Trinajstić information content (AvgIpc) is 2.32. The molecular weight excluding hydrogens is 252 g/mol. The van der Waals surface area contributed by atoms with Crippen LogP contribution in [0.3, 0.4) is 0 Å². The zero-order valence-electron chi connectivity index (χ0n) is 9.79. The van der Waals surface area contributed by atoms with Crippen LogP contribution in [0.15, 0.2) is 12.3 Å². The van der Waals surface area contributed by atoms with Crippen molar-refractivity contribution < 1.29 is 14.8 Å². The molecule has 8 heteroatoms. The van der Waals surface area contributed by atoms with Crippen LogP contribution < -0.4 is 5.32 Å². The first-order valence-electron chi connectivity index (χ1n) is 5.55. The highest BCUT2D eigenvalue weighted by molar-refractivity contribution is 5.85. The second-order valence-electron chi connectivity index (χ2n) is 4.29. The third-order valence-electron chi connectivity index (χ3n) is 3.20. The fourth-order valence-electron chi connectivity index (χ4n) is 1.97. The molecule has 0 bridgehead atoms. The summed E-state index contributed by atoms with van der Waals surface area (Å²) >= 11 is 0. The number of pyridine rings is 1. The molecule has 0 aromatic carbocycles. The summed E-state index contributed by atoms with van der Waals surface area (Å²) in [5.41, 5.74) is -1.86. The lowest BCUT2D eigenvalue weighted by Gasteiger charge is -2.38. The average molecular weight is 262 g/mol. The van der Waals surface area contributed by atoms with Crippen molar-refractivity contribution in [3.05, 3.63) is 27.9 Å². The second kappa shape index (κ2) is 4.53. The number of carbonyl (C=O) groups is 1. The van der Waals surface area contributed by atoms with Crippen molar-refractivity contribution in [1.29, 1.82) is 5.26 Å². The lowest BCUT2D eigenvalue weighted by molar-refractivity contribution is -0.384. The van der Waals surface area contributed by atoms with Gasteiger partial charge in [0, 0.05) is 6.20 Å². The van der Waals surface area contributed by atoms with Crippen LogP contribution in [0.1, 0.15) is 24.8 Å². The molecule has 0 saturated heterocycles. The molecule has 2 rings (SSSR count). The number of aromatic nitrogens is 1. The molecule has 1 aliphatic carbocycles. The van der Waals surface area contributed by atoms with Crippen LogP contribution in [0.4, 0.5) is 11.5 Å². The minimum Gasteiger partial charge on any atom is -0.480 e. The molecule has 0 unspecified atom stereocenters. The van der Waals surface area contributed by atoms with E-state index in [1.807, 2.05) is 0 Å². The van der Waals surface area contributed by atoms with Gasteiger partial charge in [-0.2, -0.15) is 5.26 Å². The predicted molar refractivity (Wildman–Crippen MR) is 63.4 cm³/mol. The molecule has 0 spiro atoms. The molecule has 1 aromatic heterocycles. The zero-order valence-corrected chi connectivity index (χ0v) is 9.79. The quantitative estimate of drug-likeness (QED) is 0.617. The van der Waals surface area contributed by atoms with Gasteiger partial charge in [0.05, 0.1) is 4.92 Å². The molecule has 98 valence electrons. The van der Waals surface area contributed by atoms with Gasteiger partial charge in [-0.1, -0.05) is 0 Å². The monoisotopic (exact) mass is 262 g/mol. The lowest BCUT2D eigenvalue weighted by atomic mass is 9.77.